The number of unbranched alkanes of at least 4 members (excludes halogenated alkanes) is 12. The van der Waals surface area contributed by atoms with Gasteiger partial charge in [-0.3, -0.25) is 42.9 Å². The summed E-state index contributed by atoms with van der Waals surface area (Å²) in [5.74, 6) is -11.7. The molecule has 3 heterocycles. The van der Waals surface area contributed by atoms with Crippen molar-refractivity contribution in [2.75, 3.05) is 13.1 Å². The van der Waals surface area contributed by atoms with E-state index in [9.17, 15) is 87.1 Å². The molecule has 446 valence electrons. The van der Waals surface area contributed by atoms with Crippen LogP contribution in [-0.2, 0) is 55.2 Å². The monoisotopic (exact) mass is 1140 g/mol. The quantitative estimate of drug-likeness (QED) is 0.0390. The number of hydrogen-bond donors (Lipinski definition) is 14. The number of aliphatic hydroxyl groups excluding tert-OH is 6. The van der Waals surface area contributed by atoms with Crippen LogP contribution in [0.15, 0.2) is 18.2 Å². The van der Waals surface area contributed by atoms with Crippen molar-refractivity contribution in [1.29, 1.82) is 0 Å². The first-order valence-corrected chi connectivity index (χ1v) is 28.6. The number of aromatic hydroxyl groups is 1. The molecule has 0 saturated carbocycles. The number of carbonyl (C=O) groups is 8. The minimum absolute atomic E-state index is 0.00964. The van der Waals surface area contributed by atoms with Crippen molar-refractivity contribution in [3.63, 3.8) is 0 Å². The molecule has 1 aromatic rings. The molecule has 0 radical (unpaired) electrons. The molecule has 3 aliphatic rings. The minimum Gasteiger partial charge on any atom is -0.504 e. The SMILES string of the molecule is CCCCCCCCCCCCCCCC(=O)N[C@@H]1CC[C@H](O)NC(=O)[C@H]2[C@@H](O)[C@H](C)CN2C(=O)[C@@H]([C@@H](O)CC(N)=O)NC(=O)[C@H]([C@@H](O)Cc2ccc(O)c(OS(=O)(=O)O)c2)NC(=O)[C@@H]2C[C@@H](O)CN2C(=O)[C@@H]([C@H](C)O)NC1=O. The maximum Gasteiger partial charge on any atom is 0.446 e. The molecule has 3 saturated heterocycles. The van der Waals surface area contributed by atoms with E-state index in [-0.39, 0.29) is 12.0 Å². The lowest BCUT2D eigenvalue weighted by Crippen LogP contribution is -2.64. The second kappa shape index (κ2) is 31.3. The van der Waals surface area contributed by atoms with Crippen molar-refractivity contribution in [2.24, 2.45) is 11.7 Å². The second-order valence-electron chi connectivity index (χ2n) is 21.0. The molecule has 15 N–H and O–H groups in total. The largest absolute Gasteiger partial charge is 0.504 e. The van der Waals surface area contributed by atoms with Gasteiger partial charge in [0.25, 0.3) is 0 Å². The molecule has 0 aromatic heterocycles. The van der Waals surface area contributed by atoms with Crippen LogP contribution in [0.2, 0.25) is 0 Å². The van der Waals surface area contributed by atoms with Crippen molar-refractivity contribution in [2.45, 2.75) is 216 Å². The number of phenolic OH excluding ortho intramolecular Hbond substituents is 1. The average Bonchev–Trinajstić information content (AvgIpc) is 3.92. The summed E-state index contributed by atoms with van der Waals surface area (Å²) in [7, 11) is -5.22. The fourth-order valence-electron chi connectivity index (χ4n) is 10.0. The molecule has 0 aliphatic carbocycles. The van der Waals surface area contributed by atoms with Gasteiger partial charge in [0.15, 0.2) is 11.5 Å². The molecule has 0 unspecified atom stereocenters. The maximum absolute atomic E-state index is 14.6. The summed E-state index contributed by atoms with van der Waals surface area (Å²) in [6.45, 7) is 3.76. The van der Waals surface area contributed by atoms with Crippen molar-refractivity contribution >= 4 is 57.7 Å². The molecule has 13 atom stereocenters. The Morgan fingerprint density at radius 2 is 1.32 bits per heavy atom. The first kappa shape index (κ1) is 65.8. The highest BCUT2D eigenvalue weighted by atomic mass is 32.3. The van der Waals surface area contributed by atoms with Gasteiger partial charge in [0.05, 0.1) is 36.9 Å². The first-order chi connectivity index (χ1) is 37.2. The van der Waals surface area contributed by atoms with Gasteiger partial charge in [-0.2, -0.15) is 8.42 Å². The van der Waals surface area contributed by atoms with Gasteiger partial charge in [0.2, 0.25) is 47.3 Å². The van der Waals surface area contributed by atoms with Gasteiger partial charge in [-0.25, -0.2) is 0 Å². The van der Waals surface area contributed by atoms with Gasteiger partial charge in [-0.15, -0.1) is 0 Å². The van der Waals surface area contributed by atoms with Crippen molar-refractivity contribution < 1.29 is 91.3 Å². The summed E-state index contributed by atoms with van der Waals surface area (Å²) in [6.07, 6.45) is -0.348. The Labute approximate surface area is 459 Å². The highest BCUT2D eigenvalue weighted by molar-refractivity contribution is 7.81. The summed E-state index contributed by atoms with van der Waals surface area (Å²) in [5, 5.41) is 89.3. The Hall–Kier alpha value is -5.75. The Morgan fingerprint density at radius 1 is 0.747 bits per heavy atom. The Kier molecular flexibility index (Phi) is 26.1. The standard InChI is InChI=1S/C51H82N8O19S/c1-4-5-6-7-8-9-10-11-12-13-14-15-16-17-39(66)53-32-19-21-40(67)54-49(72)44-45(68)28(2)26-59(44)51(74)43(36(64)25-38(52)65)57-48(71)42(35(63)22-30-18-20-34(62)37(23-30)78-79(75,76)77)56-47(70)33-24-31(61)27-58(33)50(73)41(29(3)60)55-46(32)69/h18,20,23,28-29,31-33,35-36,40-45,60-64,67-68H,4-17,19,21-22,24-27H2,1-3H3,(H2,52,65)(H,53,66)(H,54,72)(H,55,69)(H,56,70)(H,57,71)(H,75,76,77)/t28-,29+,31-,32-,33+,35+,36+,40+,41-,42+,43-,44-,45+/m1/s1. The normalized spacial score (nSPS) is 27.1. The zero-order chi connectivity index (χ0) is 58.7. The fourth-order valence-corrected chi connectivity index (χ4v) is 10.4. The number of nitrogens with two attached hydrogens (primary N) is 1. The van der Waals surface area contributed by atoms with Crippen molar-refractivity contribution in [3.05, 3.63) is 23.8 Å². The average molecular weight is 1140 g/mol. The molecule has 27 nitrogen and oxygen atoms in total. The van der Waals surface area contributed by atoms with Gasteiger partial charge < -0.3 is 82.0 Å². The predicted octanol–water partition coefficient (Wildman–Crippen LogP) is -2.09. The Morgan fingerprint density at radius 3 is 1.90 bits per heavy atom. The summed E-state index contributed by atoms with van der Waals surface area (Å²) in [4.78, 5) is 113. The van der Waals surface area contributed by atoms with Gasteiger partial charge in [0, 0.05) is 38.3 Å². The van der Waals surface area contributed by atoms with Gasteiger partial charge in [-0.1, -0.05) is 97.0 Å². The number of hydrogen-bond acceptors (Lipinski definition) is 18. The first-order valence-electron chi connectivity index (χ1n) is 27.2. The molecular weight excluding hydrogens is 1060 g/mol. The predicted molar refractivity (Wildman–Crippen MR) is 280 cm³/mol. The number of rotatable bonds is 24. The number of primary amides is 1. The molecule has 0 bridgehead atoms. The van der Waals surface area contributed by atoms with E-state index in [1.807, 2.05) is 0 Å². The fraction of sp³-hybridized carbons (Fsp3) is 0.725. The maximum atomic E-state index is 14.6. The molecule has 3 fully saturated rings. The van der Waals surface area contributed by atoms with Crippen LogP contribution in [0, 0.1) is 5.92 Å². The smallest absolute Gasteiger partial charge is 0.446 e. The number of carbonyl (C=O) groups excluding carboxylic acids is 8. The van der Waals surface area contributed by atoms with Gasteiger partial charge in [-0.05, 0) is 43.9 Å². The van der Waals surface area contributed by atoms with Gasteiger partial charge >= 0.3 is 10.4 Å². The number of phenols is 1. The second-order valence-corrected chi connectivity index (χ2v) is 22.1. The van der Waals surface area contributed by atoms with Crippen molar-refractivity contribution in [1.82, 2.24) is 36.4 Å². The zero-order valence-electron chi connectivity index (χ0n) is 45.0. The molecule has 0 spiro atoms. The third-order valence-electron chi connectivity index (χ3n) is 14.4. The highest BCUT2D eigenvalue weighted by Crippen LogP contribution is 2.30. The van der Waals surface area contributed by atoms with E-state index in [1.54, 1.807) is 0 Å². The lowest BCUT2D eigenvalue weighted by atomic mass is 9.98. The molecule has 8 amide bonds. The topological polar surface area (TPSA) is 434 Å². The highest BCUT2D eigenvalue weighted by Gasteiger charge is 2.50. The van der Waals surface area contributed by atoms with Crippen LogP contribution in [-0.4, -0.2) is 192 Å². The van der Waals surface area contributed by atoms with Crippen LogP contribution in [0.5, 0.6) is 11.5 Å². The summed E-state index contributed by atoms with van der Waals surface area (Å²) >= 11 is 0. The number of amides is 8. The number of benzene rings is 1. The Bertz CT molecular complexity index is 2360. The molecule has 3 aliphatic heterocycles. The van der Waals surface area contributed by atoms with Crippen molar-refractivity contribution in [3.8, 4) is 11.5 Å². The minimum atomic E-state index is -5.22. The number of fused-ring (bicyclic) bond motifs is 2. The number of nitrogens with one attached hydrogen (secondary N) is 5. The summed E-state index contributed by atoms with van der Waals surface area (Å²) < 4.78 is 36.6. The van der Waals surface area contributed by atoms with Crippen LogP contribution in [0.25, 0.3) is 0 Å². The number of nitrogens with zero attached hydrogens (tertiary/aromatic N) is 2. The van der Waals surface area contributed by atoms with Crippen LogP contribution < -0.4 is 36.5 Å². The summed E-state index contributed by atoms with van der Waals surface area (Å²) in [6, 6.07) is -8.65. The molecule has 4 rings (SSSR count). The lowest BCUT2D eigenvalue weighted by Gasteiger charge is -2.34. The van der Waals surface area contributed by atoms with Crippen LogP contribution >= 0.6 is 0 Å². The van der Waals surface area contributed by atoms with Crippen LogP contribution in [0.1, 0.15) is 142 Å². The van der Waals surface area contributed by atoms with E-state index in [4.69, 9.17) is 5.73 Å². The lowest BCUT2D eigenvalue weighted by molar-refractivity contribution is -0.148. The van der Waals surface area contributed by atoms with Crippen LogP contribution in [0.3, 0.4) is 0 Å². The summed E-state index contributed by atoms with van der Waals surface area (Å²) in [5.41, 5.74) is 5.24. The number of aliphatic hydroxyl groups is 6. The van der Waals surface area contributed by atoms with Gasteiger partial charge in [0.1, 0.15) is 42.5 Å². The van der Waals surface area contributed by atoms with E-state index in [0.29, 0.717) is 6.42 Å². The third-order valence-corrected chi connectivity index (χ3v) is 14.8. The molecular formula is C51H82N8O19S. The van der Waals surface area contributed by atoms with E-state index in [1.165, 1.54) is 51.9 Å². The third kappa shape index (κ3) is 20.4. The molecule has 28 heteroatoms. The van der Waals surface area contributed by atoms with Crippen LogP contribution in [0.4, 0.5) is 0 Å². The van der Waals surface area contributed by atoms with E-state index in [0.717, 1.165) is 67.0 Å². The van der Waals surface area contributed by atoms with E-state index < -0.39 is 193 Å². The zero-order valence-corrected chi connectivity index (χ0v) is 45.9. The van der Waals surface area contributed by atoms with E-state index in [2.05, 4.69) is 37.7 Å². The molecule has 79 heavy (non-hydrogen) atoms. The van der Waals surface area contributed by atoms with E-state index >= 15 is 0 Å². The molecule has 1 aromatic carbocycles. The Balaban J connectivity index is 1.69.